The van der Waals surface area contributed by atoms with E-state index in [2.05, 4.69) is 20.8 Å². The first-order valence-electron chi connectivity index (χ1n) is 8.88. The minimum Gasteiger partial charge on any atom is -0.478 e. The Morgan fingerprint density at radius 2 is 1.39 bits per heavy atom. The molecule has 0 aliphatic heterocycles. The summed E-state index contributed by atoms with van der Waals surface area (Å²) in [6.45, 7) is 7.00. The van der Waals surface area contributed by atoms with Gasteiger partial charge in [-0.3, -0.25) is 0 Å². The summed E-state index contributed by atoms with van der Waals surface area (Å²) in [5.74, 6) is -0.870. The summed E-state index contributed by atoms with van der Waals surface area (Å²) in [6, 6.07) is 6.88. The molecule has 1 aromatic rings. The van der Waals surface area contributed by atoms with E-state index in [1.165, 1.54) is 38.5 Å². The van der Waals surface area contributed by atoms with Crippen molar-refractivity contribution in [2.24, 2.45) is 0 Å². The van der Waals surface area contributed by atoms with Gasteiger partial charge in [-0.05, 0) is 34.7 Å². The molecule has 0 atom stereocenters. The number of hydrogen-bond acceptors (Lipinski definition) is 1. The van der Waals surface area contributed by atoms with E-state index >= 15 is 0 Å². The van der Waals surface area contributed by atoms with Gasteiger partial charge in [0.2, 0.25) is 0 Å². The minimum atomic E-state index is -0.870. The first kappa shape index (κ1) is 23.2. The normalized spacial score (nSPS) is 10.3. The number of hydrogen-bond donors (Lipinski definition) is 1. The van der Waals surface area contributed by atoms with E-state index < -0.39 is 25.7 Å². The molecule has 23 heavy (non-hydrogen) atoms. The van der Waals surface area contributed by atoms with Crippen LogP contribution < -0.4 is 0 Å². The van der Waals surface area contributed by atoms with Gasteiger partial charge in [-0.1, -0.05) is 12.1 Å². The van der Waals surface area contributed by atoms with Crippen LogP contribution in [-0.4, -0.2) is 30.8 Å². The van der Waals surface area contributed by atoms with Crippen LogP contribution in [0.4, 0.5) is 0 Å². The summed E-state index contributed by atoms with van der Waals surface area (Å²) < 4.78 is 5.81. The molecule has 0 amide bonds. The molecule has 0 fully saturated rings. The van der Waals surface area contributed by atoms with Gasteiger partial charge in [0.1, 0.15) is 0 Å². The van der Waals surface area contributed by atoms with Gasteiger partial charge in [0.15, 0.2) is 0 Å². The Hall–Kier alpha value is 0.219. The van der Waals surface area contributed by atoms with E-state index in [1.54, 1.807) is 31.5 Å². The molecule has 0 heterocycles. The third-order valence-electron chi connectivity index (χ3n) is 3.76. The van der Waals surface area contributed by atoms with Crippen LogP contribution in [0, 0.1) is 3.57 Å². The van der Waals surface area contributed by atoms with Gasteiger partial charge in [-0.25, -0.2) is 4.79 Å². The minimum absolute atomic E-state index is 0.364. The third kappa shape index (κ3) is 12.3. The summed E-state index contributed by atoms with van der Waals surface area (Å²) in [6.07, 6.45) is 8.85. The predicted molar refractivity (Wildman–Crippen MR) is 111 cm³/mol. The smallest absolute Gasteiger partial charge is 0.336 e. The Kier molecular flexibility index (Phi) is 15.9. The number of unbranched alkanes of at least 4 members (excludes halogenated alkanes) is 3. The van der Waals surface area contributed by atoms with Gasteiger partial charge >= 0.3 is 98.3 Å². The van der Waals surface area contributed by atoms with Crippen LogP contribution in [0.2, 0.25) is 13.3 Å². The molecule has 4 heteroatoms. The predicted octanol–water partition coefficient (Wildman–Crippen LogP) is 6.87. The molecule has 2 nitrogen and oxygen atoms in total. The van der Waals surface area contributed by atoms with Crippen LogP contribution in [0.3, 0.4) is 0 Å². The second-order valence-corrected chi connectivity index (χ2v) is 15.6. The molecule has 0 saturated heterocycles. The first-order valence-corrected chi connectivity index (χ1v) is 16.0. The van der Waals surface area contributed by atoms with Crippen molar-refractivity contribution in [3.63, 3.8) is 0 Å². The zero-order valence-electron chi connectivity index (χ0n) is 14.9. The molecule has 1 aromatic carbocycles. The Labute approximate surface area is 163 Å². The molecular formula is C19H32IO2Sn. The van der Waals surface area contributed by atoms with E-state index in [1.807, 2.05) is 28.7 Å². The maximum absolute atomic E-state index is 10.4. The largest absolute Gasteiger partial charge is 0.478 e. The maximum atomic E-state index is 10.4. The maximum Gasteiger partial charge on any atom is 0.336 e. The molecule has 0 saturated carbocycles. The second-order valence-electron chi connectivity index (χ2n) is 5.85. The molecule has 0 bridgehead atoms. The average Bonchev–Trinajstić information content (AvgIpc) is 2.55. The first-order chi connectivity index (χ1) is 11.1. The fourth-order valence-electron chi connectivity index (χ4n) is 2.29. The molecule has 0 unspecified atom stereocenters. The molecule has 1 rings (SSSR count). The topological polar surface area (TPSA) is 37.3 Å². The van der Waals surface area contributed by atoms with Crippen molar-refractivity contribution in [2.45, 2.75) is 72.6 Å². The summed E-state index contributed by atoms with van der Waals surface area (Å²) in [4.78, 5) is 10.4. The molecule has 0 spiro atoms. The number of carboxylic acids is 1. The zero-order valence-corrected chi connectivity index (χ0v) is 19.9. The van der Waals surface area contributed by atoms with Crippen molar-refractivity contribution in [2.75, 3.05) is 0 Å². The molecular weight excluding hydrogens is 506 g/mol. The van der Waals surface area contributed by atoms with Crippen molar-refractivity contribution in [1.29, 1.82) is 0 Å². The Morgan fingerprint density at radius 1 is 0.957 bits per heavy atom. The number of rotatable bonds is 10. The zero-order chi connectivity index (χ0) is 17.5. The van der Waals surface area contributed by atoms with Crippen LogP contribution >= 0.6 is 22.6 Å². The average molecular weight is 538 g/mol. The van der Waals surface area contributed by atoms with Crippen LogP contribution in [0.1, 0.15) is 69.7 Å². The van der Waals surface area contributed by atoms with E-state index in [9.17, 15) is 4.79 Å². The molecule has 1 N–H and O–H groups in total. The SMILES string of the molecule is CCC[CH2][Sn]([CH2]CCC)[CH2]CCC.O=C(O)c1ccccc1I. The number of carbonyl (C=O) groups is 1. The van der Waals surface area contributed by atoms with Crippen LogP contribution in [0.15, 0.2) is 24.3 Å². The van der Waals surface area contributed by atoms with Gasteiger partial charge in [0.05, 0.1) is 5.56 Å². The van der Waals surface area contributed by atoms with Crippen molar-refractivity contribution < 1.29 is 9.90 Å². The summed E-state index contributed by atoms with van der Waals surface area (Å²) in [5.41, 5.74) is 0.364. The molecule has 0 aromatic heterocycles. The van der Waals surface area contributed by atoms with Gasteiger partial charge < -0.3 is 5.11 Å². The summed E-state index contributed by atoms with van der Waals surface area (Å²) >= 11 is 1.16. The summed E-state index contributed by atoms with van der Waals surface area (Å²) in [5, 5.41) is 8.56. The van der Waals surface area contributed by atoms with Gasteiger partial charge in [0, 0.05) is 3.57 Å². The Bertz CT molecular complexity index is 405. The van der Waals surface area contributed by atoms with Gasteiger partial charge in [0.25, 0.3) is 0 Å². The van der Waals surface area contributed by atoms with Gasteiger partial charge in [-0.15, -0.1) is 0 Å². The van der Waals surface area contributed by atoms with Crippen molar-refractivity contribution in [3.05, 3.63) is 33.4 Å². The fraction of sp³-hybridized carbons (Fsp3) is 0.632. The second kappa shape index (κ2) is 15.7. The van der Waals surface area contributed by atoms with E-state index in [4.69, 9.17) is 5.11 Å². The Balaban J connectivity index is 0.000000433. The van der Waals surface area contributed by atoms with Crippen molar-refractivity contribution >= 4 is 48.3 Å². The van der Waals surface area contributed by atoms with Gasteiger partial charge in [-0.2, -0.15) is 0 Å². The molecule has 1 radical (unpaired) electrons. The summed E-state index contributed by atoms with van der Waals surface area (Å²) in [7, 11) is 0. The van der Waals surface area contributed by atoms with E-state index in [-0.39, 0.29) is 0 Å². The number of aromatic carboxylic acids is 1. The number of carboxylic acid groups (broad SMARTS) is 1. The monoisotopic (exact) mass is 539 g/mol. The quantitative estimate of drug-likeness (QED) is 0.261. The van der Waals surface area contributed by atoms with Crippen molar-refractivity contribution in [3.8, 4) is 0 Å². The van der Waals surface area contributed by atoms with Crippen molar-refractivity contribution in [1.82, 2.24) is 0 Å². The van der Waals surface area contributed by atoms with Crippen LogP contribution in [0.5, 0.6) is 0 Å². The van der Waals surface area contributed by atoms with Crippen LogP contribution in [0.25, 0.3) is 0 Å². The fourth-order valence-corrected chi connectivity index (χ4v) is 12.4. The molecule has 0 aliphatic rings. The van der Waals surface area contributed by atoms with E-state index in [0.717, 1.165) is 3.57 Å². The third-order valence-corrected chi connectivity index (χ3v) is 13.8. The standard InChI is InChI=1S/C7H5IO2.3C4H9.Sn/c8-6-4-2-1-3-5(6)7(9)10;3*1-3-4-2;/h1-4H,(H,9,10);3*1,3-4H2,2H3;. The Morgan fingerprint density at radius 3 is 1.70 bits per heavy atom. The molecule has 131 valence electrons. The van der Waals surface area contributed by atoms with Crippen LogP contribution in [-0.2, 0) is 0 Å². The number of benzene rings is 1. The molecule has 0 aliphatic carbocycles. The number of halogens is 1. The van der Waals surface area contributed by atoms with E-state index in [0.29, 0.717) is 5.56 Å².